The first-order valence-corrected chi connectivity index (χ1v) is 11.0. The summed E-state index contributed by atoms with van der Waals surface area (Å²) < 4.78 is 27.3. The predicted octanol–water partition coefficient (Wildman–Crippen LogP) is 4.13. The van der Waals surface area contributed by atoms with Gasteiger partial charge >= 0.3 is 0 Å². The van der Waals surface area contributed by atoms with Gasteiger partial charge in [0.05, 0.1) is 10.4 Å². The molecule has 0 radical (unpaired) electrons. The molecule has 0 saturated carbocycles. The third-order valence-corrected chi connectivity index (χ3v) is 7.15. The maximum atomic E-state index is 13.0. The van der Waals surface area contributed by atoms with Gasteiger partial charge in [0.1, 0.15) is 0 Å². The van der Waals surface area contributed by atoms with Gasteiger partial charge in [-0.05, 0) is 55.3 Å². The van der Waals surface area contributed by atoms with E-state index < -0.39 is 10.0 Å². The highest BCUT2D eigenvalue weighted by Crippen LogP contribution is 2.27. The number of carbonyl (C=O) groups is 1. The minimum atomic E-state index is -3.63. The number of aryl methyl sites for hydroxylation is 1. The number of amides is 1. The number of hydrogen-bond acceptors (Lipinski definition) is 4. The summed E-state index contributed by atoms with van der Waals surface area (Å²) in [5.41, 5.74) is 3.33. The highest BCUT2D eigenvalue weighted by molar-refractivity contribution is 7.89. The molecule has 0 spiro atoms. The molecule has 0 fully saturated rings. The van der Waals surface area contributed by atoms with Crippen molar-refractivity contribution in [2.24, 2.45) is 0 Å². The molecule has 0 unspecified atom stereocenters. The molecule has 1 heterocycles. The normalized spacial score (nSPS) is 11.8. The molecule has 0 aliphatic heterocycles. The molecule has 0 saturated heterocycles. The number of fused-ring (bicyclic) bond motifs is 1. The van der Waals surface area contributed by atoms with Crippen molar-refractivity contribution in [1.29, 1.82) is 0 Å². The van der Waals surface area contributed by atoms with Gasteiger partial charge in [0.15, 0.2) is 0 Å². The summed E-state index contributed by atoms with van der Waals surface area (Å²) in [6.45, 7) is 8.09. The van der Waals surface area contributed by atoms with Crippen LogP contribution in [0.5, 0.6) is 0 Å². The Hall–Kier alpha value is -2.77. The van der Waals surface area contributed by atoms with Crippen molar-refractivity contribution in [3.63, 3.8) is 0 Å². The van der Waals surface area contributed by atoms with Crippen LogP contribution in [0.4, 0.5) is 5.69 Å². The number of hydrogen-bond donors (Lipinski definition) is 1. The number of benzene rings is 2. The number of carbonyl (C=O) groups excluding carboxylic acids is 1. The fourth-order valence-electron chi connectivity index (χ4n) is 3.31. The fourth-order valence-corrected chi connectivity index (χ4v) is 4.88. The zero-order valence-corrected chi connectivity index (χ0v) is 17.9. The third kappa shape index (κ3) is 4.02. The number of aromatic nitrogens is 1. The molecule has 0 atom stereocenters. The largest absolute Gasteiger partial charge is 0.322 e. The van der Waals surface area contributed by atoms with Crippen LogP contribution < -0.4 is 5.32 Å². The minimum absolute atomic E-state index is 0.180. The van der Waals surface area contributed by atoms with E-state index in [-0.39, 0.29) is 10.8 Å². The van der Waals surface area contributed by atoms with E-state index in [1.807, 2.05) is 26.0 Å². The summed E-state index contributed by atoms with van der Waals surface area (Å²) in [7, 11) is -3.63. The second kappa shape index (κ2) is 8.31. The van der Waals surface area contributed by atoms with E-state index in [4.69, 9.17) is 0 Å². The van der Waals surface area contributed by atoms with E-state index in [0.717, 1.165) is 22.0 Å². The van der Waals surface area contributed by atoms with E-state index in [9.17, 15) is 13.2 Å². The van der Waals surface area contributed by atoms with Crippen LogP contribution in [0.2, 0.25) is 0 Å². The molecule has 7 heteroatoms. The van der Waals surface area contributed by atoms with Gasteiger partial charge in [-0.15, -0.1) is 0 Å². The molecule has 0 aliphatic carbocycles. The van der Waals surface area contributed by atoms with Crippen LogP contribution in [0.15, 0.2) is 53.6 Å². The Bertz CT molecular complexity index is 1160. The molecule has 3 rings (SSSR count). The summed E-state index contributed by atoms with van der Waals surface area (Å²) in [5.74, 6) is -0.302. The van der Waals surface area contributed by atoms with E-state index in [1.165, 1.54) is 10.4 Å². The molecular formula is C22H25N3O3S. The Balaban J connectivity index is 2.03. The summed E-state index contributed by atoms with van der Waals surface area (Å²) in [5, 5.41) is 3.64. The average molecular weight is 412 g/mol. The van der Waals surface area contributed by atoms with Gasteiger partial charge in [0.25, 0.3) is 5.91 Å². The third-order valence-electron chi connectivity index (χ3n) is 5.12. The lowest BCUT2D eigenvalue weighted by molar-refractivity contribution is 0.102. The number of sulfonamides is 1. The Morgan fingerprint density at radius 3 is 2.48 bits per heavy atom. The number of anilines is 1. The first kappa shape index (κ1) is 21.0. The van der Waals surface area contributed by atoms with Crippen LogP contribution in [0.25, 0.3) is 10.9 Å². The maximum Gasteiger partial charge on any atom is 0.256 e. The lowest BCUT2D eigenvalue weighted by Gasteiger charge is -2.20. The second-order valence-electron chi connectivity index (χ2n) is 6.83. The number of nitrogens with one attached hydrogen (secondary N) is 1. The van der Waals surface area contributed by atoms with Crippen LogP contribution in [0, 0.1) is 13.8 Å². The van der Waals surface area contributed by atoms with Gasteiger partial charge in [-0.2, -0.15) is 4.31 Å². The van der Waals surface area contributed by atoms with E-state index in [2.05, 4.69) is 10.3 Å². The van der Waals surface area contributed by atoms with Gasteiger partial charge in [0.2, 0.25) is 10.0 Å². The summed E-state index contributed by atoms with van der Waals surface area (Å²) >= 11 is 0. The first-order chi connectivity index (χ1) is 13.8. The standard InChI is InChI=1S/C22H25N3O3S/c1-5-25(6-2)29(27,28)17-13-15(3)16(4)21(14-17)24-22(26)19-9-7-11-20-18(19)10-8-12-23-20/h7-14H,5-6H2,1-4H3,(H,24,26). The lowest BCUT2D eigenvalue weighted by atomic mass is 10.1. The van der Waals surface area contributed by atoms with Gasteiger partial charge < -0.3 is 5.32 Å². The molecule has 2 aromatic carbocycles. The van der Waals surface area contributed by atoms with Crippen molar-refractivity contribution < 1.29 is 13.2 Å². The van der Waals surface area contributed by atoms with Crippen LogP contribution in [0.1, 0.15) is 35.3 Å². The quantitative estimate of drug-likeness (QED) is 0.661. The molecule has 1 N–H and O–H groups in total. The Labute approximate surface area is 171 Å². The van der Waals surface area contributed by atoms with Crippen molar-refractivity contribution >= 4 is 32.5 Å². The van der Waals surface area contributed by atoms with Crippen molar-refractivity contribution in [2.75, 3.05) is 18.4 Å². The molecule has 29 heavy (non-hydrogen) atoms. The van der Waals surface area contributed by atoms with Crippen LogP contribution >= 0.6 is 0 Å². The van der Waals surface area contributed by atoms with Crippen molar-refractivity contribution in [1.82, 2.24) is 9.29 Å². The summed E-state index contributed by atoms with van der Waals surface area (Å²) in [4.78, 5) is 17.5. The number of rotatable bonds is 6. The lowest BCUT2D eigenvalue weighted by Crippen LogP contribution is -2.30. The highest BCUT2D eigenvalue weighted by atomic mass is 32.2. The van der Waals surface area contributed by atoms with Gasteiger partial charge in [-0.1, -0.05) is 26.0 Å². The highest BCUT2D eigenvalue weighted by Gasteiger charge is 2.24. The van der Waals surface area contributed by atoms with Gasteiger partial charge in [0, 0.05) is 35.9 Å². The predicted molar refractivity (Wildman–Crippen MR) is 116 cm³/mol. The molecule has 3 aromatic rings. The first-order valence-electron chi connectivity index (χ1n) is 9.56. The van der Waals surface area contributed by atoms with E-state index in [0.29, 0.717) is 24.3 Å². The molecule has 152 valence electrons. The molecule has 6 nitrogen and oxygen atoms in total. The van der Waals surface area contributed by atoms with Crippen molar-refractivity contribution in [2.45, 2.75) is 32.6 Å². The summed E-state index contributed by atoms with van der Waals surface area (Å²) in [6, 6.07) is 12.2. The second-order valence-corrected chi connectivity index (χ2v) is 8.77. The summed E-state index contributed by atoms with van der Waals surface area (Å²) in [6.07, 6.45) is 1.68. The van der Waals surface area contributed by atoms with E-state index in [1.54, 1.807) is 44.3 Å². The molecule has 1 amide bonds. The Morgan fingerprint density at radius 1 is 1.07 bits per heavy atom. The zero-order chi connectivity index (χ0) is 21.2. The zero-order valence-electron chi connectivity index (χ0n) is 17.1. The average Bonchev–Trinajstić information content (AvgIpc) is 2.71. The van der Waals surface area contributed by atoms with Crippen molar-refractivity contribution in [3.8, 4) is 0 Å². The fraction of sp³-hybridized carbons (Fsp3) is 0.273. The Kier molecular flexibility index (Phi) is 6.00. The SMILES string of the molecule is CCN(CC)S(=O)(=O)c1cc(C)c(C)c(NC(=O)c2cccc3ncccc23)c1. The van der Waals surface area contributed by atoms with Gasteiger partial charge in [-0.3, -0.25) is 9.78 Å². The molecule has 0 bridgehead atoms. The smallest absolute Gasteiger partial charge is 0.256 e. The number of pyridine rings is 1. The Morgan fingerprint density at radius 2 is 1.79 bits per heavy atom. The van der Waals surface area contributed by atoms with Crippen LogP contribution in [0.3, 0.4) is 0 Å². The topological polar surface area (TPSA) is 79.4 Å². The van der Waals surface area contributed by atoms with Crippen molar-refractivity contribution in [3.05, 3.63) is 65.4 Å². The molecular weight excluding hydrogens is 386 g/mol. The van der Waals surface area contributed by atoms with Gasteiger partial charge in [-0.25, -0.2) is 8.42 Å². The maximum absolute atomic E-state index is 13.0. The number of nitrogens with zero attached hydrogens (tertiary/aromatic N) is 2. The van der Waals surface area contributed by atoms with Crippen LogP contribution in [-0.2, 0) is 10.0 Å². The monoisotopic (exact) mass is 411 g/mol. The minimum Gasteiger partial charge on any atom is -0.322 e. The molecule has 0 aliphatic rings. The van der Waals surface area contributed by atoms with Crippen LogP contribution in [-0.4, -0.2) is 36.7 Å². The van der Waals surface area contributed by atoms with E-state index >= 15 is 0 Å². The molecule has 1 aromatic heterocycles.